The third-order valence-electron chi connectivity index (χ3n) is 4.37. The van der Waals surface area contributed by atoms with E-state index in [0.29, 0.717) is 17.4 Å². The average molecular weight is 259 g/mol. The first-order chi connectivity index (χ1) is 9.15. The molecule has 1 aliphatic heterocycles. The number of benzene rings is 1. The number of hydrogen-bond donors (Lipinski definition) is 1. The van der Waals surface area contributed by atoms with Gasteiger partial charge < -0.3 is 10.0 Å². The lowest BCUT2D eigenvalue weighted by Crippen LogP contribution is -2.29. The standard InChI is InChI=1S/C15H17NO3/c17-14(10-3-1-4-11(7-10)15(18)19)16-8-12-5-2-6-13(12)9-16/h1,3-4,7,12-13H,2,5-6,8-9H2,(H,18,19). The number of carbonyl (C=O) groups excluding carboxylic acids is 1. The maximum Gasteiger partial charge on any atom is 0.335 e. The maximum atomic E-state index is 12.4. The molecule has 1 saturated carbocycles. The summed E-state index contributed by atoms with van der Waals surface area (Å²) >= 11 is 0. The molecule has 0 bridgehead atoms. The smallest absolute Gasteiger partial charge is 0.335 e. The Balaban J connectivity index is 1.77. The highest BCUT2D eigenvalue weighted by molar-refractivity contribution is 5.97. The molecule has 1 aromatic rings. The van der Waals surface area contributed by atoms with Crippen molar-refractivity contribution in [2.75, 3.05) is 13.1 Å². The Labute approximate surface area is 112 Å². The number of carboxylic acid groups (broad SMARTS) is 1. The predicted octanol–water partition coefficient (Wildman–Crippen LogP) is 2.26. The Bertz CT molecular complexity index is 514. The summed E-state index contributed by atoms with van der Waals surface area (Å²) in [5.41, 5.74) is 0.658. The third-order valence-corrected chi connectivity index (χ3v) is 4.37. The second kappa shape index (κ2) is 4.68. The number of carboxylic acids is 1. The van der Waals surface area contributed by atoms with E-state index in [1.54, 1.807) is 12.1 Å². The van der Waals surface area contributed by atoms with Crippen LogP contribution in [0.5, 0.6) is 0 Å². The monoisotopic (exact) mass is 259 g/mol. The fourth-order valence-electron chi connectivity index (χ4n) is 3.37. The number of hydrogen-bond acceptors (Lipinski definition) is 2. The summed E-state index contributed by atoms with van der Waals surface area (Å²) in [6.45, 7) is 1.67. The van der Waals surface area contributed by atoms with Crippen molar-refractivity contribution in [3.8, 4) is 0 Å². The van der Waals surface area contributed by atoms with Crippen LogP contribution >= 0.6 is 0 Å². The van der Waals surface area contributed by atoms with Gasteiger partial charge >= 0.3 is 5.97 Å². The van der Waals surface area contributed by atoms with E-state index in [1.807, 2.05) is 4.90 Å². The number of carbonyl (C=O) groups is 2. The number of rotatable bonds is 2. The molecule has 0 spiro atoms. The van der Waals surface area contributed by atoms with Gasteiger partial charge in [-0.15, -0.1) is 0 Å². The lowest BCUT2D eigenvalue weighted by molar-refractivity contribution is 0.0697. The van der Waals surface area contributed by atoms with E-state index in [4.69, 9.17) is 5.11 Å². The lowest BCUT2D eigenvalue weighted by atomic mass is 10.0. The SMILES string of the molecule is O=C(O)c1cccc(C(=O)N2CC3CCCC3C2)c1. The minimum atomic E-state index is -0.993. The van der Waals surface area contributed by atoms with Crippen LogP contribution in [-0.4, -0.2) is 35.0 Å². The Kier molecular flexibility index (Phi) is 3.01. The van der Waals surface area contributed by atoms with Crippen molar-refractivity contribution in [2.24, 2.45) is 11.8 Å². The predicted molar refractivity (Wildman–Crippen MR) is 70.1 cm³/mol. The second-order valence-corrected chi connectivity index (χ2v) is 5.55. The maximum absolute atomic E-state index is 12.4. The highest BCUT2D eigenvalue weighted by atomic mass is 16.4. The van der Waals surface area contributed by atoms with Gasteiger partial charge in [-0.25, -0.2) is 4.79 Å². The molecular formula is C15H17NO3. The second-order valence-electron chi connectivity index (χ2n) is 5.55. The third kappa shape index (κ3) is 2.23. The van der Waals surface area contributed by atoms with Crippen LogP contribution in [0.1, 0.15) is 40.0 Å². The first-order valence-electron chi connectivity index (χ1n) is 6.78. The van der Waals surface area contributed by atoms with E-state index in [-0.39, 0.29) is 11.5 Å². The molecule has 100 valence electrons. The zero-order valence-electron chi connectivity index (χ0n) is 10.7. The molecule has 2 unspecified atom stereocenters. The van der Waals surface area contributed by atoms with Crippen LogP contribution in [0.25, 0.3) is 0 Å². The van der Waals surface area contributed by atoms with E-state index in [2.05, 4.69) is 0 Å². The van der Waals surface area contributed by atoms with Crippen LogP contribution in [-0.2, 0) is 0 Å². The van der Waals surface area contributed by atoms with Crippen LogP contribution in [0.4, 0.5) is 0 Å². The molecule has 3 rings (SSSR count). The summed E-state index contributed by atoms with van der Waals surface area (Å²) in [4.78, 5) is 25.2. The van der Waals surface area contributed by atoms with Crippen LogP contribution in [0.15, 0.2) is 24.3 Å². The fourth-order valence-corrected chi connectivity index (χ4v) is 3.37. The van der Waals surface area contributed by atoms with Crippen molar-refractivity contribution in [1.82, 2.24) is 4.90 Å². The van der Waals surface area contributed by atoms with Crippen LogP contribution in [0.2, 0.25) is 0 Å². The first kappa shape index (κ1) is 12.2. The van der Waals surface area contributed by atoms with E-state index in [1.165, 1.54) is 31.4 Å². The zero-order chi connectivity index (χ0) is 13.4. The Morgan fingerprint density at radius 3 is 2.37 bits per heavy atom. The van der Waals surface area contributed by atoms with Crippen LogP contribution < -0.4 is 0 Å². The molecule has 2 atom stereocenters. The summed E-state index contributed by atoms with van der Waals surface area (Å²) in [7, 11) is 0. The Morgan fingerprint density at radius 2 is 1.74 bits per heavy atom. The topological polar surface area (TPSA) is 57.6 Å². The van der Waals surface area contributed by atoms with E-state index in [9.17, 15) is 9.59 Å². The molecule has 4 heteroatoms. The van der Waals surface area contributed by atoms with Crippen LogP contribution in [0, 0.1) is 11.8 Å². The summed E-state index contributed by atoms with van der Waals surface area (Å²) < 4.78 is 0. The minimum absolute atomic E-state index is 0.0301. The highest BCUT2D eigenvalue weighted by Gasteiger charge is 2.38. The highest BCUT2D eigenvalue weighted by Crippen LogP contribution is 2.38. The number of amides is 1. The first-order valence-corrected chi connectivity index (χ1v) is 6.78. The lowest BCUT2D eigenvalue weighted by Gasteiger charge is -2.17. The molecule has 4 nitrogen and oxygen atoms in total. The summed E-state index contributed by atoms with van der Waals surface area (Å²) in [5, 5.41) is 8.96. The van der Waals surface area contributed by atoms with Gasteiger partial charge in [-0.3, -0.25) is 4.79 Å². The van der Waals surface area contributed by atoms with Gasteiger partial charge in [0.2, 0.25) is 0 Å². The molecule has 0 aromatic heterocycles. The van der Waals surface area contributed by atoms with E-state index < -0.39 is 5.97 Å². The van der Waals surface area contributed by atoms with Gasteiger partial charge in [0.05, 0.1) is 5.56 Å². The quantitative estimate of drug-likeness (QED) is 0.886. The molecule has 1 amide bonds. The normalized spacial score (nSPS) is 25.4. The van der Waals surface area contributed by atoms with Crippen molar-refractivity contribution in [2.45, 2.75) is 19.3 Å². The fraction of sp³-hybridized carbons (Fsp3) is 0.467. The molecule has 2 aliphatic rings. The van der Waals surface area contributed by atoms with E-state index in [0.717, 1.165) is 13.1 Å². The molecule has 1 N–H and O–H groups in total. The van der Waals surface area contributed by atoms with Crippen molar-refractivity contribution >= 4 is 11.9 Å². The van der Waals surface area contributed by atoms with Gasteiger partial charge in [0.1, 0.15) is 0 Å². The van der Waals surface area contributed by atoms with Crippen molar-refractivity contribution in [3.63, 3.8) is 0 Å². The molecule has 1 saturated heterocycles. The van der Waals surface area contributed by atoms with Gasteiger partial charge in [-0.1, -0.05) is 12.5 Å². The van der Waals surface area contributed by atoms with Crippen molar-refractivity contribution in [3.05, 3.63) is 35.4 Å². The number of nitrogens with zero attached hydrogens (tertiary/aromatic N) is 1. The van der Waals surface area contributed by atoms with Gasteiger partial charge in [0, 0.05) is 18.7 Å². The van der Waals surface area contributed by atoms with Crippen molar-refractivity contribution in [1.29, 1.82) is 0 Å². The van der Waals surface area contributed by atoms with E-state index >= 15 is 0 Å². The molecular weight excluding hydrogens is 242 g/mol. The number of likely N-dealkylation sites (tertiary alicyclic amines) is 1. The van der Waals surface area contributed by atoms with Crippen molar-refractivity contribution < 1.29 is 14.7 Å². The molecule has 19 heavy (non-hydrogen) atoms. The Hall–Kier alpha value is -1.84. The summed E-state index contributed by atoms with van der Waals surface area (Å²) in [6.07, 6.45) is 3.74. The van der Waals surface area contributed by atoms with Gasteiger partial charge in [0.15, 0.2) is 0 Å². The molecule has 1 aliphatic carbocycles. The average Bonchev–Trinajstić information content (AvgIpc) is 2.98. The summed E-state index contributed by atoms with van der Waals surface area (Å²) in [5.74, 6) is 0.295. The summed E-state index contributed by atoms with van der Waals surface area (Å²) in [6, 6.07) is 6.31. The molecule has 1 aromatic carbocycles. The number of fused-ring (bicyclic) bond motifs is 1. The largest absolute Gasteiger partial charge is 0.478 e. The van der Waals surface area contributed by atoms with Gasteiger partial charge in [0.25, 0.3) is 5.91 Å². The number of aromatic carboxylic acids is 1. The zero-order valence-corrected chi connectivity index (χ0v) is 10.7. The van der Waals surface area contributed by atoms with Gasteiger partial charge in [-0.2, -0.15) is 0 Å². The molecule has 0 radical (unpaired) electrons. The van der Waals surface area contributed by atoms with Crippen LogP contribution in [0.3, 0.4) is 0 Å². The molecule has 2 fully saturated rings. The Morgan fingerprint density at radius 1 is 1.11 bits per heavy atom. The minimum Gasteiger partial charge on any atom is -0.478 e. The molecule has 1 heterocycles. The van der Waals surface area contributed by atoms with Gasteiger partial charge in [-0.05, 0) is 42.9 Å².